The molecule has 0 aliphatic rings. The third-order valence-corrected chi connectivity index (χ3v) is 2.97. The molecule has 0 spiro atoms. The first-order valence-corrected chi connectivity index (χ1v) is 8.17. The Morgan fingerprint density at radius 2 is 2.11 bits per heavy atom. The number of aliphatic imine (C=N–C) groups is 1. The van der Waals surface area contributed by atoms with Crippen LogP contribution in [0.4, 0.5) is 0 Å². The molecule has 0 aliphatic carbocycles. The van der Waals surface area contributed by atoms with Gasteiger partial charge in [0.15, 0.2) is 6.29 Å². The van der Waals surface area contributed by atoms with E-state index in [0.29, 0.717) is 31.6 Å². The summed E-state index contributed by atoms with van der Waals surface area (Å²) in [6.45, 7) is 7.91. The lowest BCUT2D eigenvalue weighted by Gasteiger charge is -2.27. The highest BCUT2D eigenvalue weighted by Crippen LogP contribution is 2.18. The quantitative estimate of drug-likeness (QED) is 0.294. The molecular formula is C12H23N2O3Si. The van der Waals surface area contributed by atoms with Gasteiger partial charge in [0.25, 0.3) is 0 Å². The molecule has 5 nitrogen and oxygen atoms in total. The van der Waals surface area contributed by atoms with Crippen molar-refractivity contribution in [3.8, 4) is 0 Å². The van der Waals surface area contributed by atoms with Gasteiger partial charge in [-0.15, -0.1) is 0 Å². The van der Waals surface area contributed by atoms with Gasteiger partial charge >= 0.3 is 0 Å². The van der Waals surface area contributed by atoms with Gasteiger partial charge in [-0.25, -0.2) is 0 Å². The van der Waals surface area contributed by atoms with Crippen molar-refractivity contribution in [1.82, 2.24) is 0 Å². The van der Waals surface area contributed by atoms with Crippen LogP contribution in [0.15, 0.2) is 16.8 Å². The second-order valence-electron chi connectivity index (χ2n) is 4.69. The van der Waals surface area contributed by atoms with E-state index in [1.54, 1.807) is 7.11 Å². The molecule has 1 atom stereocenters. The van der Waals surface area contributed by atoms with Crippen LogP contribution in [-0.4, -0.2) is 48.4 Å². The number of nitrogens with two attached hydrogens (primary N) is 1. The van der Waals surface area contributed by atoms with E-state index in [2.05, 4.69) is 18.1 Å². The summed E-state index contributed by atoms with van der Waals surface area (Å²) >= 11 is 0. The average molecular weight is 271 g/mol. The monoisotopic (exact) mass is 271 g/mol. The molecule has 103 valence electrons. The molecule has 0 saturated carbocycles. The number of aldehydes is 1. The van der Waals surface area contributed by atoms with Crippen molar-refractivity contribution < 1.29 is 14.0 Å². The van der Waals surface area contributed by atoms with Crippen LogP contribution in [0.1, 0.15) is 6.92 Å². The molecule has 0 aliphatic heterocycles. The number of allylic oxidation sites excluding steroid dienone is 1. The Balaban J connectivity index is 4.46. The van der Waals surface area contributed by atoms with Gasteiger partial charge in [0.2, 0.25) is 9.04 Å². The van der Waals surface area contributed by atoms with Crippen molar-refractivity contribution in [2.24, 2.45) is 16.1 Å². The summed E-state index contributed by atoms with van der Waals surface area (Å²) in [5.41, 5.74) is 5.44. The van der Waals surface area contributed by atoms with Crippen LogP contribution in [0.2, 0.25) is 13.1 Å². The Labute approximate surface area is 111 Å². The van der Waals surface area contributed by atoms with E-state index in [9.17, 15) is 4.79 Å². The van der Waals surface area contributed by atoms with Gasteiger partial charge in [-0.05, 0) is 13.1 Å². The fourth-order valence-electron chi connectivity index (χ4n) is 1.28. The van der Waals surface area contributed by atoms with Gasteiger partial charge in [-0.3, -0.25) is 9.79 Å². The van der Waals surface area contributed by atoms with Gasteiger partial charge in [-0.1, -0.05) is 6.92 Å². The molecule has 0 aromatic rings. The molecule has 0 aromatic carbocycles. The summed E-state index contributed by atoms with van der Waals surface area (Å²) in [5.74, 6) is 0. The van der Waals surface area contributed by atoms with Gasteiger partial charge in [0, 0.05) is 43.7 Å². The average Bonchev–Trinajstić information content (AvgIpc) is 2.33. The molecule has 0 bridgehead atoms. The maximum Gasteiger partial charge on any atom is 0.204 e. The minimum absolute atomic E-state index is 0.185. The molecule has 0 fully saturated rings. The van der Waals surface area contributed by atoms with Gasteiger partial charge < -0.3 is 14.9 Å². The summed E-state index contributed by atoms with van der Waals surface area (Å²) in [6.07, 6.45) is 3.39. The maximum atomic E-state index is 10.5. The smallest absolute Gasteiger partial charge is 0.204 e. The van der Waals surface area contributed by atoms with E-state index in [0.717, 1.165) is 0 Å². The Morgan fingerprint density at radius 1 is 1.44 bits per heavy atom. The Hall–Kier alpha value is -0.983. The first-order valence-electron chi connectivity index (χ1n) is 5.76. The summed E-state index contributed by atoms with van der Waals surface area (Å²) < 4.78 is 10.9. The molecular weight excluding hydrogens is 248 g/mol. The lowest BCUT2D eigenvalue weighted by molar-refractivity contribution is -0.104. The van der Waals surface area contributed by atoms with Crippen molar-refractivity contribution in [2.75, 3.05) is 26.9 Å². The number of carbonyl (C=O) groups is 1. The lowest BCUT2D eigenvalue weighted by Crippen LogP contribution is -2.33. The summed E-state index contributed by atoms with van der Waals surface area (Å²) in [7, 11) is 0.925. The highest BCUT2D eigenvalue weighted by Gasteiger charge is 2.24. The second-order valence-corrected chi connectivity index (χ2v) is 6.80. The third kappa shape index (κ3) is 7.36. The number of ether oxygens (including phenoxy) is 1. The van der Waals surface area contributed by atoms with Gasteiger partial charge in [0.05, 0.1) is 6.61 Å². The van der Waals surface area contributed by atoms with Crippen LogP contribution in [0.5, 0.6) is 0 Å². The highest BCUT2D eigenvalue weighted by molar-refractivity contribution is 6.48. The molecule has 0 amide bonds. The van der Waals surface area contributed by atoms with E-state index in [1.807, 2.05) is 6.92 Å². The first-order chi connectivity index (χ1) is 8.47. The van der Waals surface area contributed by atoms with Crippen LogP contribution in [0, 0.1) is 5.41 Å². The molecule has 6 heteroatoms. The van der Waals surface area contributed by atoms with Crippen molar-refractivity contribution in [3.05, 3.63) is 11.8 Å². The number of carbonyl (C=O) groups excluding carboxylic acids is 1. The predicted octanol–water partition coefficient (Wildman–Crippen LogP) is 1.02. The molecule has 1 radical (unpaired) electrons. The van der Waals surface area contributed by atoms with Crippen molar-refractivity contribution in [2.45, 2.75) is 20.0 Å². The zero-order valence-corrected chi connectivity index (χ0v) is 12.6. The summed E-state index contributed by atoms with van der Waals surface area (Å²) in [6, 6.07) is 0. The van der Waals surface area contributed by atoms with Crippen molar-refractivity contribution in [1.29, 1.82) is 0 Å². The molecule has 1 unspecified atom stereocenters. The first kappa shape index (κ1) is 17.0. The van der Waals surface area contributed by atoms with Crippen molar-refractivity contribution in [3.63, 3.8) is 0 Å². The van der Waals surface area contributed by atoms with Crippen LogP contribution in [-0.2, 0) is 14.0 Å². The third-order valence-electron chi connectivity index (χ3n) is 2.24. The van der Waals surface area contributed by atoms with Crippen LogP contribution >= 0.6 is 0 Å². The molecule has 2 N–H and O–H groups in total. The number of hydrogen-bond donors (Lipinski definition) is 1. The number of nitrogens with zero attached hydrogens (tertiary/aromatic N) is 1. The van der Waals surface area contributed by atoms with Crippen LogP contribution in [0.3, 0.4) is 0 Å². The number of hydrogen-bond acceptors (Lipinski definition) is 5. The van der Waals surface area contributed by atoms with Gasteiger partial charge in [-0.2, -0.15) is 0 Å². The van der Waals surface area contributed by atoms with E-state index >= 15 is 0 Å². The Bertz CT molecular complexity index is 306. The number of methoxy groups -OCH3 is 1. The minimum atomic E-state index is -0.730. The van der Waals surface area contributed by atoms with Crippen LogP contribution < -0.4 is 5.73 Å². The summed E-state index contributed by atoms with van der Waals surface area (Å²) in [5, 5.41) is 0. The van der Waals surface area contributed by atoms with Gasteiger partial charge in [0.1, 0.15) is 0 Å². The van der Waals surface area contributed by atoms with E-state index in [-0.39, 0.29) is 5.41 Å². The lowest BCUT2D eigenvalue weighted by atomic mass is 9.93. The molecule has 18 heavy (non-hydrogen) atoms. The molecule has 0 saturated heterocycles. The van der Waals surface area contributed by atoms with E-state index < -0.39 is 9.04 Å². The van der Waals surface area contributed by atoms with E-state index in [4.69, 9.17) is 14.9 Å². The highest BCUT2D eigenvalue weighted by atomic mass is 28.3. The summed E-state index contributed by atoms with van der Waals surface area (Å²) in [4.78, 5) is 14.8. The maximum absolute atomic E-state index is 10.5. The zero-order chi connectivity index (χ0) is 14.0. The predicted molar refractivity (Wildman–Crippen MR) is 75.1 cm³/mol. The largest absolute Gasteiger partial charge is 0.416 e. The van der Waals surface area contributed by atoms with E-state index in [1.165, 1.54) is 12.4 Å². The fourth-order valence-corrected chi connectivity index (χ4v) is 1.92. The topological polar surface area (TPSA) is 73.9 Å². The molecule has 0 rings (SSSR count). The second kappa shape index (κ2) is 9.01. The Kier molecular flexibility index (Phi) is 8.52. The normalized spacial score (nSPS) is 16.2. The molecule has 0 heterocycles. The zero-order valence-electron chi connectivity index (χ0n) is 11.6. The van der Waals surface area contributed by atoms with Crippen molar-refractivity contribution >= 4 is 21.5 Å². The number of rotatable bonds is 9. The minimum Gasteiger partial charge on any atom is -0.416 e. The van der Waals surface area contributed by atoms with Crippen LogP contribution in [0.25, 0.3) is 0 Å². The molecule has 0 aromatic heterocycles. The standard InChI is InChI=1S/C12H23N2O3Si/c1-12(9-16-2,10-17-18(3)4)8-14-6-11(5-13)7-15/h5-7H,8-10,13H2,1-4H3. The SMILES string of the molecule is COCC(C)(CN=CC(C=O)=CN)CO[Si](C)C. The fraction of sp³-hybridized carbons (Fsp3) is 0.667. The Morgan fingerprint density at radius 3 is 2.56 bits per heavy atom.